The van der Waals surface area contributed by atoms with Gasteiger partial charge in [-0.2, -0.15) is 10.5 Å². The van der Waals surface area contributed by atoms with Crippen LogP contribution >= 0.6 is 11.3 Å². The minimum atomic E-state index is -0.908. The molecular weight excluding hydrogens is 392 g/mol. The monoisotopic (exact) mass is 410 g/mol. The average molecular weight is 411 g/mol. The van der Waals surface area contributed by atoms with Crippen molar-refractivity contribution < 1.29 is 0 Å². The molecule has 0 radical (unpaired) electrons. The van der Waals surface area contributed by atoms with E-state index < -0.39 is 11.8 Å². The fraction of sp³-hybridized carbons (Fsp3) is 0.167. The number of benzene rings is 2. The predicted molar refractivity (Wildman–Crippen MR) is 118 cm³/mol. The lowest BCUT2D eigenvalue weighted by Gasteiger charge is -2.26. The van der Waals surface area contributed by atoms with Gasteiger partial charge in [0, 0.05) is 5.92 Å². The van der Waals surface area contributed by atoms with Crippen LogP contribution in [0.5, 0.6) is 0 Å². The molecule has 1 aromatic heterocycles. The summed E-state index contributed by atoms with van der Waals surface area (Å²) in [4.78, 5) is 13.1. The van der Waals surface area contributed by atoms with E-state index in [4.69, 9.17) is 5.41 Å². The Labute approximate surface area is 177 Å². The number of aromatic nitrogens is 1. The molecule has 0 fully saturated rings. The van der Waals surface area contributed by atoms with Gasteiger partial charge in [0.25, 0.3) is 5.56 Å². The largest absolute Gasteiger partial charge is 0.287 e. The van der Waals surface area contributed by atoms with Gasteiger partial charge < -0.3 is 0 Å². The number of aryl methyl sites for hydroxylation is 2. The number of rotatable bonds is 2. The standard InChI is InChI=1S/C24H18N4OS/c1-14-3-7-16(8-4-14)11-20-23(29)28-22(27)18(12-25)21(19(13-26)24(28)30-20)17-9-5-15(2)6-10-17/h3-11,18,21,27H,1-2H3. The van der Waals surface area contributed by atoms with Crippen molar-refractivity contribution in [2.45, 2.75) is 19.8 Å². The van der Waals surface area contributed by atoms with Crippen LogP contribution in [0, 0.1) is 47.8 Å². The minimum Gasteiger partial charge on any atom is -0.287 e. The first-order valence-electron chi connectivity index (χ1n) is 9.44. The van der Waals surface area contributed by atoms with E-state index in [1.54, 1.807) is 6.08 Å². The molecule has 5 nitrogen and oxygen atoms in total. The van der Waals surface area contributed by atoms with E-state index in [2.05, 4.69) is 12.1 Å². The van der Waals surface area contributed by atoms with Crippen LogP contribution in [0.25, 0.3) is 11.6 Å². The lowest BCUT2D eigenvalue weighted by Crippen LogP contribution is -2.45. The normalized spacial score (nSPS) is 18.6. The number of hydrogen-bond donors (Lipinski definition) is 1. The third-order valence-corrected chi connectivity index (χ3v) is 6.41. The molecule has 4 rings (SSSR count). The van der Waals surface area contributed by atoms with Crippen molar-refractivity contribution in [3.8, 4) is 12.1 Å². The van der Waals surface area contributed by atoms with Crippen LogP contribution in [0.4, 0.5) is 0 Å². The molecule has 0 amide bonds. The highest BCUT2D eigenvalue weighted by Crippen LogP contribution is 2.35. The molecule has 30 heavy (non-hydrogen) atoms. The van der Waals surface area contributed by atoms with Gasteiger partial charge in [0.2, 0.25) is 0 Å². The first kappa shape index (κ1) is 19.6. The van der Waals surface area contributed by atoms with Crippen molar-refractivity contribution in [1.82, 2.24) is 4.57 Å². The van der Waals surface area contributed by atoms with E-state index in [1.807, 2.05) is 62.4 Å². The highest BCUT2D eigenvalue weighted by atomic mass is 32.1. The number of nitrogens with zero attached hydrogens (tertiary/aromatic N) is 3. The Kier molecular flexibility index (Phi) is 4.95. The average Bonchev–Trinajstić information content (AvgIpc) is 3.06. The van der Waals surface area contributed by atoms with E-state index >= 15 is 0 Å². The predicted octanol–water partition coefficient (Wildman–Crippen LogP) is 2.79. The Morgan fingerprint density at radius 3 is 2.20 bits per heavy atom. The maximum Gasteiger partial charge on any atom is 0.274 e. The molecule has 0 saturated heterocycles. The molecule has 0 spiro atoms. The molecule has 0 bridgehead atoms. The number of nitriles is 2. The second kappa shape index (κ2) is 7.59. The van der Waals surface area contributed by atoms with Gasteiger partial charge in [-0.05, 0) is 31.1 Å². The van der Waals surface area contributed by atoms with E-state index in [0.717, 1.165) is 22.3 Å². The molecule has 2 unspecified atom stereocenters. The van der Waals surface area contributed by atoms with Crippen molar-refractivity contribution in [3.05, 3.63) is 90.3 Å². The van der Waals surface area contributed by atoms with Crippen molar-refractivity contribution >= 4 is 28.8 Å². The number of fused-ring (bicyclic) bond motifs is 1. The fourth-order valence-corrected chi connectivity index (χ4v) is 4.81. The quantitative estimate of drug-likeness (QED) is 0.704. The van der Waals surface area contributed by atoms with Gasteiger partial charge >= 0.3 is 0 Å². The lowest BCUT2D eigenvalue weighted by atomic mass is 9.79. The summed E-state index contributed by atoms with van der Waals surface area (Å²) in [7, 11) is 0. The molecular formula is C24H18N4OS. The molecule has 2 heterocycles. The Morgan fingerprint density at radius 1 is 1.03 bits per heavy atom. The highest BCUT2D eigenvalue weighted by molar-refractivity contribution is 7.07. The smallest absolute Gasteiger partial charge is 0.274 e. The molecule has 1 N–H and O–H groups in total. The molecule has 0 saturated carbocycles. The van der Waals surface area contributed by atoms with Crippen molar-refractivity contribution in [3.63, 3.8) is 0 Å². The van der Waals surface area contributed by atoms with Crippen LogP contribution < -0.4 is 14.8 Å². The first-order chi connectivity index (χ1) is 14.4. The minimum absolute atomic E-state index is 0.0816. The lowest BCUT2D eigenvalue weighted by molar-refractivity contribution is 0.711. The van der Waals surface area contributed by atoms with E-state index in [1.165, 1.54) is 15.9 Å². The summed E-state index contributed by atoms with van der Waals surface area (Å²) in [6, 6.07) is 19.8. The summed E-state index contributed by atoms with van der Waals surface area (Å²) in [5.41, 5.74) is 3.84. The van der Waals surface area contributed by atoms with Crippen LogP contribution in [0.3, 0.4) is 0 Å². The molecule has 3 aromatic rings. The van der Waals surface area contributed by atoms with Gasteiger partial charge in [-0.3, -0.25) is 14.8 Å². The Morgan fingerprint density at radius 2 is 1.63 bits per heavy atom. The molecule has 6 heteroatoms. The van der Waals surface area contributed by atoms with Crippen molar-refractivity contribution in [1.29, 1.82) is 15.9 Å². The molecule has 2 aromatic carbocycles. The third-order valence-electron chi connectivity index (χ3n) is 5.30. The molecule has 146 valence electrons. The van der Waals surface area contributed by atoms with E-state index in [9.17, 15) is 15.3 Å². The van der Waals surface area contributed by atoms with Crippen LogP contribution in [0.15, 0.2) is 53.3 Å². The summed E-state index contributed by atoms with van der Waals surface area (Å²) < 4.78 is 2.09. The maximum absolute atomic E-state index is 13.1. The number of thiazole rings is 1. The van der Waals surface area contributed by atoms with Crippen LogP contribution in [-0.2, 0) is 0 Å². The van der Waals surface area contributed by atoms with Gasteiger partial charge in [0.15, 0.2) is 0 Å². The van der Waals surface area contributed by atoms with Crippen LogP contribution in [-0.4, -0.2) is 10.4 Å². The van der Waals surface area contributed by atoms with Gasteiger partial charge in [-0.25, -0.2) is 0 Å². The SMILES string of the molecule is Cc1ccc(C=c2sc3n(c2=O)C(=N)C(C#N)C(c2ccc(C)cc2)C=3C#N)cc1. The highest BCUT2D eigenvalue weighted by Gasteiger charge is 2.37. The Bertz CT molecular complexity index is 1410. The Balaban J connectivity index is 2.01. The summed E-state index contributed by atoms with van der Waals surface area (Å²) >= 11 is 1.20. The summed E-state index contributed by atoms with van der Waals surface area (Å²) in [5.74, 6) is -1.56. The number of nitrogens with one attached hydrogen (secondary N) is 1. The zero-order valence-electron chi connectivity index (χ0n) is 16.5. The molecule has 1 aliphatic rings. The molecule has 1 aliphatic heterocycles. The zero-order chi connectivity index (χ0) is 21.4. The summed E-state index contributed by atoms with van der Waals surface area (Å²) in [5, 5.41) is 28.4. The first-order valence-corrected chi connectivity index (χ1v) is 10.3. The summed E-state index contributed by atoms with van der Waals surface area (Å²) in [6.07, 6.45) is 1.77. The van der Waals surface area contributed by atoms with Gasteiger partial charge in [0.1, 0.15) is 16.4 Å². The summed E-state index contributed by atoms with van der Waals surface area (Å²) in [6.45, 7) is 3.96. The second-order valence-corrected chi connectivity index (χ2v) is 8.40. The maximum atomic E-state index is 13.1. The molecule has 2 atom stereocenters. The van der Waals surface area contributed by atoms with Gasteiger partial charge in [-0.15, -0.1) is 11.3 Å². The number of hydrogen-bond acceptors (Lipinski definition) is 5. The van der Waals surface area contributed by atoms with E-state index in [-0.39, 0.29) is 11.4 Å². The Hall–Kier alpha value is -3.74. The fourth-order valence-electron chi connectivity index (χ4n) is 3.68. The van der Waals surface area contributed by atoms with Gasteiger partial charge in [-0.1, -0.05) is 59.7 Å². The molecule has 0 aliphatic carbocycles. The zero-order valence-corrected chi connectivity index (χ0v) is 17.3. The topological polar surface area (TPSA) is 93.4 Å². The van der Waals surface area contributed by atoms with Gasteiger partial charge in [0.05, 0.1) is 22.2 Å². The van der Waals surface area contributed by atoms with Crippen molar-refractivity contribution in [2.24, 2.45) is 5.92 Å². The third kappa shape index (κ3) is 3.18. The van der Waals surface area contributed by atoms with Crippen LogP contribution in [0.2, 0.25) is 0 Å². The van der Waals surface area contributed by atoms with Crippen LogP contribution in [0.1, 0.15) is 28.2 Å². The van der Waals surface area contributed by atoms with Crippen molar-refractivity contribution in [2.75, 3.05) is 0 Å². The second-order valence-electron chi connectivity index (χ2n) is 7.37. The van der Waals surface area contributed by atoms with E-state index in [0.29, 0.717) is 14.8 Å².